The molecule has 1 aromatic carbocycles. The first-order valence-electron chi connectivity index (χ1n) is 8.12. The maximum atomic E-state index is 12.1. The van der Waals surface area contributed by atoms with Crippen molar-refractivity contribution in [2.45, 2.75) is 32.3 Å². The van der Waals surface area contributed by atoms with Crippen molar-refractivity contribution >= 4 is 29.3 Å². The molecular weight excluding hydrogens is 361 g/mol. The Kier molecular flexibility index (Phi) is 4.73. The topological polar surface area (TPSA) is 47.4 Å². The summed E-state index contributed by atoms with van der Waals surface area (Å²) in [7, 11) is 1.90. The van der Waals surface area contributed by atoms with Crippen LogP contribution in [0.3, 0.4) is 0 Å². The molecule has 0 spiro atoms. The molecule has 7 heteroatoms. The van der Waals surface area contributed by atoms with Gasteiger partial charge in [-0.1, -0.05) is 35.3 Å². The molecule has 0 radical (unpaired) electrons. The number of amides is 1. The van der Waals surface area contributed by atoms with E-state index in [9.17, 15) is 4.79 Å². The highest BCUT2D eigenvalue weighted by molar-refractivity contribution is 6.43. The minimum absolute atomic E-state index is 0.233. The number of carbonyl (C=O) groups is 1. The minimum Gasteiger partial charge on any atom is -0.444 e. The summed E-state index contributed by atoms with van der Waals surface area (Å²) in [5.74, 6) is 0.233. The lowest BCUT2D eigenvalue weighted by Gasteiger charge is -2.39. The van der Waals surface area contributed by atoms with Gasteiger partial charge in [-0.2, -0.15) is 5.10 Å². The van der Waals surface area contributed by atoms with Crippen LogP contribution >= 0.6 is 23.2 Å². The summed E-state index contributed by atoms with van der Waals surface area (Å²) < 4.78 is 7.23. The summed E-state index contributed by atoms with van der Waals surface area (Å²) in [5.41, 5.74) is 2.16. The van der Waals surface area contributed by atoms with Gasteiger partial charge in [-0.3, -0.25) is 4.68 Å². The average Bonchev–Trinajstić information content (AvgIpc) is 2.80. The summed E-state index contributed by atoms with van der Waals surface area (Å²) >= 11 is 12.4. The van der Waals surface area contributed by atoms with Gasteiger partial charge < -0.3 is 9.64 Å². The number of benzene rings is 1. The van der Waals surface area contributed by atoms with Gasteiger partial charge in [-0.15, -0.1) is 0 Å². The lowest BCUT2D eigenvalue weighted by molar-refractivity contribution is 0.00757. The first-order valence-corrected chi connectivity index (χ1v) is 8.87. The number of aryl methyl sites for hydroxylation is 1. The van der Waals surface area contributed by atoms with Gasteiger partial charge in [0.1, 0.15) is 5.60 Å². The van der Waals surface area contributed by atoms with Crippen LogP contribution < -0.4 is 0 Å². The van der Waals surface area contributed by atoms with E-state index >= 15 is 0 Å². The zero-order valence-electron chi connectivity index (χ0n) is 14.7. The fraction of sp³-hybridized carbons (Fsp3) is 0.444. The van der Waals surface area contributed by atoms with Crippen LogP contribution in [-0.2, 0) is 11.8 Å². The number of nitrogens with zero attached hydrogens (tertiary/aromatic N) is 3. The Balaban J connectivity index is 1.73. The fourth-order valence-corrected chi connectivity index (χ4v) is 3.24. The Morgan fingerprint density at radius 3 is 2.60 bits per heavy atom. The highest BCUT2D eigenvalue weighted by Gasteiger charge is 2.36. The number of hydrogen-bond acceptors (Lipinski definition) is 3. The van der Waals surface area contributed by atoms with Crippen LogP contribution in [0.2, 0.25) is 10.0 Å². The lowest BCUT2D eigenvalue weighted by atomic mass is 9.96. The summed E-state index contributed by atoms with van der Waals surface area (Å²) in [6.45, 7) is 6.84. The van der Waals surface area contributed by atoms with Gasteiger partial charge in [0.15, 0.2) is 0 Å². The summed E-state index contributed by atoms with van der Waals surface area (Å²) in [6, 6.07) is 7.51. The van der Waals surface area contributed by atoms with Crippen LogP contribution in [0.5, 0.6) is 0 Å². The quantitative estimate of drug-likeness (QED) is 0.755. The van der Waals surface area contributed by atoms with E-state index in [0.29, 0.717) is 23.1 Å². The van der Waals surface area contributed by atoms with E-state index in [2.05, 4.69) is 5.10 Å². The molecule has 1 aliphatic heterocycles. The molecule has 0 bridgehead atoms. The molecule has 0 unspecified atom stereocenters. The van der Waals surface area contributed by atoms with Crippen molar-refractivity contribution in [3.63, 3.8) is 0 Å². The second-order valence-electron chi connectivity index (χ2n) is 7.26. The van der Waals surface area contributed by atoms with Gasteiger partial charge >= 0.3 is 6.09 Å². The van der Waals surface area contributed by atoms with Gasteiger partial charge in [-0.25, -0.2) is 4.79 Å². The van der Waals surface area contributed by atoms with E-state index in [-0.39, 0.29) is 12.0 Å². The van der Waals surface area contributed by atoms with Crippen LogP contribution in [0.1, 0.15) is 32.4 Å². The standard InChI is InChI=1S/C18H21Cl2N3O2/c1-18(2,3)25-17(24)23-9-11(10-23)15-8-14(21-22(15)4)12-6-5-7-13(19)16(12)20/h5-8,11H,9-10H2,1-4H3. The Bertz CT molecular complexity index is 805. The Hall–Kier alpha value is -1.72. The minimum atomic E-state index is -0.481. The number of ether oxygens (including phenoxy) is 1. The third-order valence-electron chi connectivity index (χ3n) is 4.10. The van der Waals surface area contributed by atoms with E-state index in [1.165, 1.54) is 0 Å². The first kappa shape index (κ1) is 18.1. The van der Waals surface area contributed by atoms with Crippen molar-refractivity contribution in [1.82, 2.24) is 14.7 Å². The van der Waals surface area contributed by atoms with E-state index in [0.717, 1.165) is 17.0 Å². The van der Waals surface area contributed by atoms with Gasteiger partial charge in [0.25, 0.3) is 0 Å². The van der Waals surface area contributed by atoms with E-state index in [1.54, 1.807) is 11.0 Å². The number of carbonyl (C=O) groups excluding carboxylic acids is 1. The monoisotopic (exact) mass is 381 g/mol. The molecule has 1 fully saturated rings. The zero-order valence-corrected chi connectivity index (χ0v) is 16.2. The van der Waals surface area contributed by atoms with Crippen LogP contribution in [0.15, 0.2) is 24.3 Å². The Labute approximate surface area is 157 Å². The maximum Gasteiger partial charge on any atom is 0.410 e. The second-order valence-corrected chi connectivity index (χ2v) is 8.05. The highest BCUT2D eigenvalue weighted by Crippen LogP contribution is 2.35. The van der Waals surface area contributed by atoms with Crippen LogP contribution in [0, 0.1) is 0 Å². The molecule has 2 heterocycles. The summed E-state index contributed by atoms with van der Waals surface area (Å²) in [6.07, 6.45) is -0.274. The molecule has 0 N–H and O–H groups in total. The predicted molar refractivity (Wildman–Crippen MR) is 99.2 cm³/mol. The van der Waals surface area contributed by atoms with Crippen molar-refractivity contribution in [3.05, 3.63) is 40.0 Å². The number of aromatic nitrogens is 2. The number of rotatable bonds is 2. The highest BCUT2D eigenvalue weighted by atomic mass is 35.5. The number of likely N-dealkylation sites (tertiary alicyclic amines) is 1. The van der Waals surface area contributed by atoms with Gasteiger partial charge in [-0.05, 0) is 32.9 Å². The van der Waals surface area contributed by atoms with Crippen molar-refractivity contribution in [3.8, 4) is 11.3 Å². The molecule has 25 heavy (non-hydrogen) atoms. The predicted octanol–water partition coefficient (Wildman–Crippen LogP) is 4.73. The number of hydrogen-bond donors (Lipinski definition) is 0. The van der Waals surface area contributed by atoms with Crippen molar-refractivity contribution < 1.29 is 9.53 Å². The average molecular weight is 382 g/mol. The molecule has 5 nitrogen and oxygen atoms in total. The third kappa shape index (κ3) is 3.77. The smallest absolute Gasteiger partial charge is 0.410 e. The normalized spacial score (nSPS) is 15.2. The van der Waals surface area contributed by atoms with Crippen molar-refractivity contribution in [2.24, 2.45) is 7.05 Å². The van der Waals surface area contributed by atoms with E-state index in [1.807, 2.05) is 50.7 Å². The molecule has 0 atom stereocenters. The van der Waals surface area contributed by atoms with Crippen molar-refractivity contribution in [2.75, 3.05) is 13.1 Å². The Morgan fingerprint density at radius 1 is 1.28 bits per heavy atom. The second kappa shape index (κ2) is 6.54. The third-order valence-corrected chi connectivity index (χ3v) is 4.91. The maximum absolute atomic E-state index is 12.1. The molecule has 1 aliphatic rings. The van der Waals surface area contributed by atoms with E-state index in [4.69, 9.17) is 27.9 Å². The summed E-state index contributed by atoms with van der Waals surface area (Å²) in [4.78, 5) is 13.8. The van der Waals surface area contributed by atoms with Gasteiger partial charge in [0.2, 0.25) is 0 Å². The summed E-state index contributed by atoms with van der Waals surface area (Å²) in [5, 5.41) is 5.56. The number of halogens is 2. The first-order chi connectivity index (χ1) is 11.7. The van der Waals surface area contributed by atoms with Crippen LogP contribution in [0.4, 0.5) is 4.79 Å². The molecule has 1 saturated heterocycles. The Morgan fingerprint density at radius 2 is 1.96 bits per heavy atom. The van der Waals surface area contributed by atoms with Gasteiger partial charge in [0.05, 0.1) is 15.7 Å². The fourth-order valence-electron chi connectivity index (χ4n) is 2.84. The molecular formula is C18H21Cl2N3O2. The molecule has 1 aromatic heterocycles. The molecule has 134 valence electrons. The molecule has 0 saturated carbocycles. The zero-order chi connectivity index (χ0) is 18.4. The lowest BCUT2D eigenvalue weighted by Crippen LogP contribution is -2.50. The van der Waals surface area contributed by atoms with Crippen molar-refractivity contribution in [1.29, 1.82) is 0 Å². The van der Waals surface area contributed by atoms with Crippen LogP contribution in [-0.4, -0.2) is 39.5 Å². The van der Waals surface area contributed by atoms with Crippen LogP contribution in [0.25, 0.3) is 11.3 Å². The molecule has 0 aliphatic carbocycles. The molecule has 1 amide bonds. The molecule has 3 rings (SSSR count). The largest absolute Gasteiger partial charge is 0.444 e. The van der Waals surface area contributed by atoms with Gasteiger partial charge in [0, 0.05) is 37.3 Å². The molecule has 2 aromatic rings. The SMILES string of the molecule is Cn1nc(-c2cccc(Cl)c2Cl)cc1C1CN(C(=O)OC(C)(C)C)C1. The van der Waals surface area contributed by atoms with E-state index < -0.39 is 5.60 Å².